The van der Waals surface area contributed by atoms with Crippen molar-refractivity contribution in [3.05, 3.63) is 35.3 Å². The minimum Gasteiger partial charge on any atom is -0.493 e. The average molecular weight is 160 g/mol. The first-order chi connectivity index (χ1) is 5.95. The Balaban J connectivity index is 2.46. The molecule has 2 nitrogen and oxygen atoms in total. The summed E-state index contributed by atoms with van der Waals surface area (Å²) in [4.78, 5) is 0. The lowest BCUT2D eigenvalue weighted by Gasteiger charge is -2.11. The van der Waals surface area contributed by atoms with Crippen LogP contribution in [0.4, 0.5) is 0 Å². The Kier molecular flexibility index (Phi) is 1.04. The summed E-state index contributed by atoms with van der Waals surface area (Å²) >= 11 is 0. The van der Waals surface area contributed by atoms with Gasteiger partial charge in [-0.1, -0.05) is 0 Å². The summed E-state index contributed by atoms with van der Waals surface area (Å²) in [5.74, 6) is 0. The van der Waals surface area contributed by atoms with E-state index in [2.05, 4.69) is 6.08 Å². The van der Waals surface area contributed by atoms with E-state index >= 15 is 0 Å². The summed E-state index contributed by atoms with van der Waals surface area (Å²) in [5, 5.41) is 1.18. The summed E-state index contributed by atoms with van der Waals surface area (Å²) < 4.78 is 10.7. The number of hydrogen-bond acceptors (Lipinski definition) is 2. The highest BCUT2D eigenvalue weighted by Gasteiger charge is 2.20. The molecule has 0 bridgehead atoms. The second kappa shape index (κ2) is 2.03. The maximum atomic E-state index is 5.39. The highest BCUT2D eigenvalue weighted by molar-refractivity contribution is 5.65. The maximum Gasteiger partial charge on any atom is 0.130 e. The van der Waals surface area contributed by atoms with E-state index in [-0.39, 0.29) is 6.10 Å². The molecule has 12 heavy (non-hydrogen) atoms. The van der Waals surface area contributed by atoms with Gasteiger partial charge in [0.2, 0.25) is 0 Å². The molecule has 60 valence electrons. The molecular weight excluding hydrogens is 152 g/mol. The van der Waals surface area contributed by atoms with Gasteiger partial charge in [-0.25, -0.2) is 0 Å². The SMILES string of the molecule is C1=CC2=c3ccoc3=CCC2O1. The molecule has 0 spiro atoms. The van der Waals surface area contributed by atoms with Crippen molar-refractivity contribution in [2.75, 3.05) is 0 Å². The zero-order valence-corrected chi connectivity index (χ0v) is 6.49. The molecule has 1 atom stereocenters. The zero-order valence-electron chi connectivity index (χ0n) is 6.49. The summed E-state index contributed by atoms with van der Waals surface area (Å²) in [6, 6.07) is 1.99. The van der Waals surface area contributed by atoms with Gasteiger partial charge in [0, 0.05) is 17.2 Å². The van der Waals surface area contributed by atoms with Crippen molar-refractivity contribution in [2.45, 2.75) is 12.5 Å². The third-order valence-corrected chi connectivity index (χ3v) is 2.36. The third kappa shape index (κ3) is 0.644. The molecule has 0 saturated heterocycles. The van der Waals surface area contributed by atoms with E-state index in [9.17, 15) is 0 Å². The summed E-state index contributed by atoms with van der Waals surface area (Å²) in [5.41, 5.74) is 2.23. The molecule has 2 heteroatoms. The van der Waals surface area contributed by atoms with Crippen LogP contribution in [0.2, 0.25) is 0 Å². The first-order valence-electron chi connectivity index (χ1n) is 4.05. The average Bonchev–Trinajstić information content (AvgIpc) is 2.71. The highest BCUT2D eigenvalue weighted by Crippen LogP contribution is 2.21. The van der Waals surface area contributed by atoms with Crippen molar-refractivity contribution in [1.82, 2.24) is 0 Å². The van der Waals surface area contributed by atoms with Crippen molar-refractivity contribution >= 4 is 11.6 Å². The van der Waals surface area contributed by atoms with Crippen molar-refractivity contribution in [2.24, 2.45) is 0 Å². The van der Waals surface area contributed by atoms with Crippen molar-refractivity contribution in [1.29, 1.82) is 0 Å². The van der Waals surface area contributed by atoms with Crippen LogP contribution in [0.15, 0.2) is 29.1 Å². The lowest BCUT2D eigenvalue weighted by atomic mass is 10.0. The van der Waals surface area contributed by atoms with Crippen LogP contribution in [0.3, 0.4) is 0 Å². The number of rotatable bonds is 0. The largest absolute Gasteiger partial charge is 0.493 e. The second-order valence-corrected chi connectivity index (χ2v) is 3.02. The number of furan rings is 1. The highest BCUT2D eigenvalue weighted by atomic mass is 16.5. The van der Waals surface area contributed by atoms with E-state index in [0.29, 0.717) is 0 Å². The molecule has 1 aliphatic heterocycles. The fourth-order valence-corrected chi connectivity index (χ4v) is 1.77. The normalized spacial score (nSPS) is 24.3. The minimum absolute atomic E-state index is 0.232. The van der Waals surface area contributed by atoms with Gasteiger partial charge in [-0.15, -0.1) is 0 Å². The quantitative estimate of drug-likeness (QED) is 0.552. The number of fused-ring (bicyclic) bond motifs is 2. The molecule has 0 fully saturated rings. The Labute approximate surface area is 69.4 Å². The fraction of sp³-hybridized carbons (Fsp3) is 0.200. The first-order valence-corrected chi connectivity index (χ1v) is 4.05. The monoisotopic (exact) mass is 160 g/mol. The van der Waals surface area contributed by atoms with Crippen LogP contribution in [-0.2, 0) is 4.74 Å². The van der Waals surface area contributed by atoms with Gasteiger partial charge in [0.25, 0.3) is 0 Å². The van der Waals surface area contributed by atoms with Gasteiger partial charge in [-0.05, 0) is 18.2 Å². The molecule has 2 heterocycles. The number of hydrogen-bond donors (Lipinski definition) is 0. The van der Waals surface area contributed by atoms with Gasteiger partial charge >= 0.3 is 0 Å². The van der Waals surface area contributed by atoms with Crippen LogP contribution < -0.4 is 10.6 Å². The summed E-state index contributed by atoms with van der Waals surface area (Å²) in [6.45, 7) is 0. The Morgan fingerprint density at radius 3 is 3.42 bits per heavy atom. The number of ether oxygens (including phenoxy) is 1. The predicted octanol–water partition coefficient (Wildman–Crippen LogP) is 0.527. The topological polar surface area (TPSA) is 22.4 Å². The molecule has 0 radical (unpaired) electrons. The van der Waals surface area contributed by atoms with Gasteiger partial charge in [0.15, 0.2) is 0 Å². The van der Waals surface area contributed by atoms with E-state index in [1.807, 2.05) is 12.1 Å². The summed E-state index contributed by atoms with van der Waals surface area (Å²) in [6.07, 6.45) is 8.74. The van der Waals surface area contributed by atoms with Crippen LogP contribution in [0.25, 0.3) is 11.6 Å². The van der Waals surface area contributed by atoms with Crippen LogP contribution in [0, 0.1) is 0 Å². The first kappa shape index (κ1) is 6.12. The van der Waals surface area contributed by atoms with Gasteiger partial charge in [0.05, 0.1) is 12.5 Å². The minimum atomic E-state index is 0.232. The summed E-state index contributed by atoms with van der Waals surface area (Å²) in [7, 11) is 0. The Bertz CT molecular complexity index is 450. The molecule has 1 unspecified atom stereocenters. The molecule has 0 aromatic carbocycles. The lowest BCUT2D eigenvalue weighted by Crippen LogP contribution is -2.30. The van der Waals surface area contributed by atoms with E-state index in [4.69, 9.17) is 9.15 Å². The fourth-order valence-electron chi connectivity index (χ4n) is 1.77. The second-order valence-electron chi connectivity index (χ2n) is 3.02. The van der Waals surface area contributed by atoms with E-state index in [1.165, 1.54) is 10.8 Å². The molecule has 1 aliphatic carbocycles. The van der Waals surface area contributed by atoms with Crippen LogP contribution in [0.5, 0.6) is 0 Å². The Morgan fingerprint density at radius 1 is 1.42 bits per heavy atom. The molecule has 2 aliphatic rings. The van der Waals surface area contributed by atoms with E-state index in [0.717, 1.165) is 11.8 Å². The van der Waals surface area contributed by atoms with Crippen molar-refractivity contribution in [3.8, 4) is 0 Å². The molecular formula is C10H8O2. The van der Waals surface area contributed by atoms with Gasteiger partial charge < -0.3 is 9.15 Å². The standard InChI is InChI=1S/C10H8O2/c1-2-10-8(4-6-12-10)7-3-5-11-9(1)7/h1,3-6,10H,2H2. The zero-order chi connectivity index (χ0) is 7.97. The maximum absolute atomic E-state index is 5.39. The predicted molar refractivity (Wildman–Crippen MR) is 44.5 cm³/mol. The van der Waals surface area contributed by atoms with Crippen LogP contribution >= 0.6 is 0 Å². The molecule has 1 aromatic heterocycles. The van der Waals surface area contributed by atoms with E-state index in [1.54, 1.807) is 12.5 Å². The lowest BCUT2D eigenvalue weighted by molar-refractivity contribution is 0.213. The molecule has 1 aromatic rings. The molecule has 0 N–H and O–H groups in total. The van der Waals surface area contributed by atoms with Crippen molar-refractivity contribution in [3.63, 3.8) is 0 Å². The molecule has 3 rings (SSSR count). The van der Waals surface area contributed by atoms with Crippen molar-refractivity contribution < 1.29 is 9.15 Å². The van der Waals surface area contributed by atoms with Gasteiger partial charge in [-0.3, -0.25) is 0 Å². The Morgan fingerprint density at radius 2 is 2.42 bits per heavy atom. The smallest absolute Gasteiger partial charge is 0.130 e. The van der Waals surface area contributed by atoms with Gasteiger partial charge in [0.1, 0.15) is 11.5 Å². The Hall–Kier alpha value is -1.44. The molecule has 0 amide bonds. The third-order valence-electron chi connectivity index (χ3n) is 2.36. The van der Waals surface area contributed by atoms with Gasteiger partial charge in [-0.2, -0.15) is 0 Å². The van der Waals surface area contributed by atoms with Crippen LogP contribution in [0.1, 0.15) is 6.42 Å². The van der Waals surface area contributed by atoms with E-state index < -0.39 is 0 Å². The van der Waals surface area contributed by atoms with Crippen LogP contribution in [-0.4, -0.2) is 6.10 Å². The molecule has 0 saturated carbocycles.